The minimum absolute atomic E-state index is 0.508. The largest absolute Gasteiger partial charge is 0.492 e. The molecule has 0 saturated carbocycles. The Bertz CT molecular complexity index is 671. The highest BCUT2D eigenvalue weighted by molar-refractivity contribution is 5.90. The quantitative estimate of drug-likeness (QED) is 0.936. The maximum absolute atomic E-state index is 12.0. The van der Waals surface area contributed by atoms with Gasteiger partial charge in [-0.05, 0) is 33.3 Å². The Balaban J connectivity index is 2.37. The lowest BCUT2D eigenvalue weighted by Crippen LogP contribution is -2.27. The summed E-state index contributed by atoms with van der Waals surface area (Å²) < 4.78 is 12.5. The van der Waals surface area contributed by atoms with Crippen molar-refractivity contribution in [1.29, 1.82) is 0 Å². The number of fused-ring (bicyclic) bond motifs is 1. The number of carbonyl (C=O) groups is 1. The number of aryl methyl sites for hydroxylation is 1. The van der Waals surface area contributed by atoms with Gasteiger partial charge in [0.25, 0.3) is 0 Å². The zero-order valence-electron chi connectivity index (χ0n) is 13.8. The van der Waals surface area contributed by atoms with Crippen LogP contribution in [-0.4, -0.2) is 28.4 Å². The molecule has 0 aromatic carbocycles. The summed E-state index contributed by atoms with van der Waals surface area (Å²) in [6, 6.07) is 1.75. The molecule has 0 fully saturated rings. The van der Waals surface area contributed by atoms with E-state index in [1.807, 2.05) is 27.0 Å². The zero-order chi connectivity index (χ0) is 16.3. The summed E-state index contributed by atoms with van der Waals surface area (Å²) in [4.78, 5) is 12.0. The van der Waals surface area contributed by atoms with Crippen LogP contribution in [0.1, 0.15) is 39.7 Å². The molecule has 0 unspecified atom stereocenters. The fourth-order valence-corrected chi connectivity index (χ4v) is 2.28. The monoisotopic (exact) mass is 305 g/mol. The van der Waals surface area contributed by atoms with Gasteiger partial charge in [0.05, 0.1) is 19.0 Å². The maximum Gasteiger partial charge on any atom is 0.412 e. The van der Waals surface area contributed by atoms with Crippen molar-refractivity contribution in [3.63, 3.8) is 0 Å². The number of pyridine rings is 1. The molecule has 1 amide bonds. The van der Waals surface area contributed by atoms with Gasteiger partial charge in [-0.25, -0.2) is 9.31 Å². The summed E-state index contributed by atoms with van der Waals surface area (Å²) >= 11 is 0. The third kappa shape index (κ3) is 3.50. The molecule has 0 spiro atoms. The number of hydrogen-bond donors (Lipinski definition) is 1. The van der Waals surface area contributed by atoms with Gasteiger partial charge in [0.1, 0.15) is 11.1 Å². The van der Waals surface area contributed by atoms with E-state index in [0.717, 1.165) is 23.9 Å². The van der Waals surface area contributed by atoms with Gasteiger partial charge in [0.2, 0.25) is 0 Å². The number of aromatic nitrogens is 2. The van der Waals surface area contributed by atoms with Crippen LogP contribution in [-0.2, 0) is 11.2 Å². The molecule has 2 heterocycles. The van der Waals surface area contributed by atoms with E-state index in [-0.39, 0.29) is 0 Å². The van der Waals surface area contributed by atoms with Gasteiger partial charge in [0, 0.05) is 11.8 Å². The standard InChI is InChI=1S/C16H23N3O3/c1-6-7-11-10-17-19-9-8-12(14(21-5)13(11)19)18-15(20)22-16(2,3)4/h8-10H,6-7H2,1-5H3,(H,18,20). The molecule has 2 aromatic rings. The first-order valence-corrected chi connectivity index (χ1v) is 7.39. The van der Waals surface area contributed by atoms with Crippen LogP contribution in [0.3, 0.4) is 0 Å². The molecule has 0 aliphatic heterocycles. The van der Waals surface area contributed by atoms with Crippen molar-refractivity contribution in [1.82, 2.24) is 9.61 Å². The zero-order valence-corrected chi connectivity index (χ0v) is 13.8. The Morgan fingerprint density at radius 2 is 2.14 bits per heavy atom. The van der Waals surface area contributed by atoms with E-state index in [4.69, 9.17) is 9.47 Å². The highest BCUT2D eigenvalue weighted by Gasteiger charge is 2.19. The van der Waals surface area contributed by atoms with Gasteiger partial charge in [0.15, 0.2) is 5.75 Å². The number of ether oxygens (including phenoxy) is 2. The van der Waals surface area contributed by atoms with Crippen molar-refractivity contribution >= 4 is 17.3 Å². The number of anilines is 1. The second-order valence-electron chi connectivity index (χ2n) is 6.10. The minimum Gasteiger partial charge on any atom is -0.492 e. The summed E-state index contributed by atoms with van der Waals surface area (Å²) in [5, 5.41) is 7.06. The van der Waals surface area contributed by atoms with Gasteiger partial charge < -0.3 is 9.47 Å². The summed E-state index contributed by atoms with van der Waals surface area (Å²) in [6.45, 7) is 7.58. The number of carbonyl (C=O) groups excluding carboxylic acids is 1. The maximum atomic E-state index is 12.0. The summed E-state index contributed by atoms with van der Waals surface area (Å²) in [6.07, 6.45) is 5.03. The van der Waals surface area contributed by atoms with Crippen molar-refractivity contribution in [2.75, 3.05) is 12.4 Å². The fourth-order valence-electron chi connectivity index (χ4n) is 2.28. The number of nitrogens with zero attached hydrogens (tertiary/aromatic N) is 2. The van der Waals surface area contributed by atoms with Crippen molar-refractivity contribution in [3.8, 4) is 5.75 Å². The molecule has 0 aliphatic carbocycles. The lowest BCUT2D eigenvalue weighted by atomic mass is 10.1. The van der Waals surface area contributed by atoms with E-state index in [1.54, 1.807) is 23.9 Å². The van der Waals surface area contributed by atoms with Gasteiger partial charge in [-0.15, -0.1) is 0 Å². The smallest absolute Gasteiger partial charge is 0.412 e. The molecular weight excluding hydrogens is 282 g/mol. The first kappa shape index (κ1) is 16.1. The summed E-state index contributed by atoms with van der Waals surface area (Å²) in [5.41, 5.74) is 1.98. The SMILES string of the molecule is CCCc1cnn2ccc(NC(=O)OC(C)(C)C)c(OC)c12. The number of amides is 1. The van der Waals surface area contributed by atoms with E-state index in [9.17, 15) is 4.79 Å². The van der Waals surface area contributed by atoms with Crippen LogP contribution in [0.2, 0.25) is 0 Å². The lowest BCUT2D eigenvalue weighted by molar-refractivity contribution is 0.0635. The first-order chi connectivity index (χ1) is 10.4. The Morgan fingerprint density at radius 3 is 2.73 bits per heavy atom. The molecule has 0 aliphatic rings. The normalized spacial score (nSPS) is 11.5. The Morgan fingerprint density at radius 1 is 1.41 bits per heavy atom. The highest BCUT2D eigenvalue weighted by Crippen LogP contribution is 2.32. The molecule has 2 rings (SSSR count). The van der Waals surface area contributed by atoms with Crippen molar-refractivity contribution < 1.29 is 14.3 Å². The molecule has 2 aromatic heterocycles. The van der Waals surface area contributed by atoms with Crippen LogP contribution in [0.25, 0.3) is 5.52 Å². The topological polar surface area (TPSA) is 64.9 Å². The fraction of sp³-hybridized carbons (Fsp3) is 0.500. The van der Waals surface area contributed by atoms with Gasteiger partial charge in [-0.2, -0.15) is 5.10 Å². The average Bonchev–Trinajstić information content (AvgIpc) is 2.80. The Hall–Kier alpha value is -2.24. The van der Waals surface area contributed by atoms with Crippen LogP contribution >= 0.6 is 0 Å². The van der Waals surface area contributed by atoms with Gasteiger partial charge in [-0.1, -0.05) is 13.3 Å². The summed E-state index contributed by atoms with van der Waals surface area (Å²) in [5.74, 6) is 0.592. The van der Waals surface area contributed by atoms with Gasteiger partial charge >= 0.3 is 6.09 Å². The van der Waals surface area contributed by atoms with Crippen molar-refractivity contribution in [3.05, 3.63) is 24.0 Å². The van der Waals surface area contributed by atoms with E-state index in [1.165, 1.54) is 0 Å². The predicted octanol–water partition coefficient (Wildman–Crippen LogP) is 3.64. The predicted molar refractivity (Wildman–Crippen MR) is 85.6 cm³/mol. The Labute approximate surface area is 130 Å². The average molecular weight is 305 g/mol. The molecule has 22 heavy (non-hydrogen) atoms. The number of nitrogens with one attached hydrogen (secondary N) is 1. The number of hydrogen-bond acceptors (Lipinski definition) is 4. The molecule has 120 valence electrons. The van der Waals surface area contributed by atoms with E-state index >= 15 is 0 Å². The number of methoxy groups -OCH3 is 1. The first-order valence-electron chi connectivity index (χ1n) is 7.39. The van der Waals surface area contributed by atoms with Crippen molar-refractivity contribution in [2.24, 2.45) is 0 Å². The lowest BCUT2D eigenvalue weighted by Gasteiger charge is -2.20. The second kappa shape index (κ2) is 6.25. The molecule has 6 heteroatoms. The van der Waals surface area contributed by atoms with Crippen LogP contribution in [0.15, 0.2) is 18.5 Å². The van der Waals surface area contributed by atoms with Crippen LogP contribution in [0.5, 0.6) is 5.75 Å². The molecule has 0 atom stereocenters. The van der Waals surface area contributed by atoms with E-state index in [2.05, 4.69) is 17.3 Å². The van der Waals surface area contributed by atoms with Gasteiger partial charge in [-0.3, -0.25) is 5.32 Å². The molecule has 0 saturated heterocycles. The highest BCUT2D eigenvalue weighted by atomic mass is 16.6. The third-order valence-electron chi connectivity index (χ3n) is 3.07. The van der Waals surface area contributed by atoms with E-state index < -0.39 is 11.7 Å². The number of rotatable bonds is 4. The molecule has 6 nitrogen and oxygen atoms in total. The molecular formula is C16H23N3O3. The van der Waals surface area contributed by atoms with Crippen molar-refractivity contribution in [2.45, 2.75) is 46.1 Å². The summed E-state index contributed by atoms with van der Waals surface area (Å²) in [7, 11) is 1.58. The second-order valence-corrected chi connectivity index (χ2v) is 6.10. The third-order valence-corrected chi connectivity index (χ3v) is 3.07. The molecule has 0 bridgehead atoms. The van der Waals surface area contributed by atoms with Crippen LogP contribution in [0.4, 0.5) is 10.5 Å². The molecule has 0 radical (unpaired) electrons. The minimum atomic E-state index is -0.550. The molecule has 1 N–H and O–H groups in total. The van der Waals surface area contributed by atoms with E-state index in [0.29, 0.717) is 11.4 Å². The Kier molecular flexibility index (Phi) is 4.59. The van der Waals surface area contributed by atoms with Crippen LogP contribution < -0.4 is 10.1 Å². The van der Waals surface area contributed by atoms with Crippen LogP contribution in [0, 0.1) is 0 Å².